The van der Waals surface area contributed by atoms with Gasteiger partial charge in [-0.1, -0.05) is 23.7 Å². The van der Waals surface area contributed by atoms with E-state index in [-0.39, 0.29) is 0 Å². The van der Waals surface area contributed by atoms with E-state index in [4.69, 9.17) is 16.3 Å². The van der Waals surface area contributed by atoms with Crippen LogP contribution in [0.15, 0.2) is 36.0 Å². The molecule has 3 aromatic rings. The topological polar surface area (TPSA) is 38.2 Å². The van der Waals surface area contributed by atoms with Crippen LogP contribution in [-0.4, -0.2) is 36.3 Å². The van der Waals surface area contributed by atoms with Crippen molar-refractivity contribution in [1.29, 1.82) is 0 Å². The molecule has 1 fully saturated rings. The van der Waals surface area contributed by atoms with Gasteiger partial charge in [0.05, 0.1) is 18.6 Å². The van der Waals surface area contributed by atoms with Crippen molar-refractivity contribution in [3.63, 3.8) is 0 Å². The highest BCUT2D eigenvalue weighted by Crippen LogP contribution is 2.38. The molecule has 0 spiro atoms. The molecule has 0 N–H and O–H groups in total. The van der Waals surface area contributed by atoms with E-state index in [0.717, 1.165) is 52.9 Å². The highest BCUT2D eigenvalue weighted by molar-refractivity contribution is 7.17. The molecule has 112 valence electrons. The third-order valence-corrected chi connectivity index (χ3v) is 4.95. The highest BCUT2D eigenvalue weighted by Gasteiger charge is 2.19. The molecule has 0 amide bonds. The summed E-state index contributed by atoms with van der Waals surface area (Å²) in [6.07, 6.45) is 1.65. The second-order valence-corrected chi connectivity index (χ2v) is 6.43. The minimum Gasteiger partial charge on any atom is -0.378 e. The second kappa shape index (κ2) is 5.83. The van der Waals surface area contributed by atoms with Crippen molar-refractivity contribution in [2.45, 2.75) is 0 Å². The lowest BCUT2D eigenvalue weighted by atomic mass is 10.1. The number of fused-ring (bicyclic) bond motifs is 1. The van der Waals surface area contributed by atoms with Gasteiger partial charge in [0.2, 0.25) is 0 Å². The Morgan fingerprint density at radius 1 is 1.09 bits per heavy atom. The van der Waals surface area contributed by atoms with E-state index in [1.54, 1.807) is 17.7 Å². The first-order chi connectivity index (χ1) is 10.8. The Labute approximate surface area is 137 Å². The maximum atomic E-state index is 6.00. The number of benzene rings is 1. The summed E-state index contributed by atoms with van der Waals surface area (Å²) >= 11 is 7.65. The average Bonchev–Trinajstić information content (AvgIpc) is 3.00. The Morgan fingerprint density at radius 2 is 1.86 bits per heavy atom. The number of hydrogen-bond donors (Lipinski definition) is 0. The summed E-state index contributed by atoms with van der Waals surface area (Å²) in [6, 6.07) is 7.91. The second-order valence-electron chi connectivity index (χ2n) is 5.13. The van der Waals surface area contributed by atoms with Crippen molar-refractivity contribution in [1.82, 2.24) is 9.97 Å². The van der Waals surface area contributed by atoms with E-state index in [1.165, 1.54) is 5.56 Å². The van der Waals surface area contributed by atoms with Crippen molar-refractivity contribution in [3.05, 3.63) is 41.0 Å². The maximum absolute atomic E-state index is 6.00. The Morgan fingerprint density at radius 3 is 2.64 bits per heavy atom. The molecular weight excluding hydrogens is 318 g/mol. The summed E-state index contributed by atoms with van der Waals surface area (Å²) < 4.78 is 5.45. The molecule has 0 atom stereocenters. The number of thiophene rings is 1. The molecule has 4 rings (SSSR count). The smallest absolute Gasteiger partial charge is 0.141 e. The van der Waals surface area contributed by atoms with Crippen molar-refractivity contribution < 1.29 is 4.74 Å². The average molecular weight is 332 g/mol. The van der Waals surface area contributed by atoms with Crippen LogP contribution in [0.4, 0.5) is 5.82 Å². The zero-order valence-electron chi connectivity index (χ0n) is 11.8. The Kier molecular flexibility index (Phi) is 3.70. The number of anilines is 1. The lowest BCUT2D eigenvalue weighted by molar-refractivity contribution is 0.122. The van der Waals surface area contributed by atoms with E-state index >= 15 is 0 Å². The third-order valence-electron chi connectivity index (χ3n) is 3.82. The van der Waals surface area contributed by atoms with Gasteiger partial charge in [0.25, 0.3) is 0 Å². The summed E-state index contributed by atoms with van der Waals surface area (Å²) in [5.41, 5.74) is 2.30. The molecule has 4 nitrogen and oxygen atoms in total. The molecule has 0 bridgehead atoms. The number of halogens is 1. The zero-order valence-corrected chi connectivity index (χ0v) is 13.4. The van der Waals surface area contributed by atoms with Crippen LogP contribution < -0.4 is 4.90 Å². The standard InChI is InChI=1S/C16H14ClN3OS/c17-12-3-1-11(2-4-12)13-9-22-16-14(13)15(18-10-19-16)20-5-7-21-8-6-20/h1-4,9-10H,5-8H2. The predicted molar refractivity (Wildman–Crippen MR) is 90.9 cm³/mol. The van der Waals surface area contributed by atoms with Gasteiger partial charge < -0.3 is 9.64 Å². The van der Waals surface area contributed by atoms with Gasteiger partial charge in [0, 0.05) is 29.1 Å². The number of hydrogen-bond acceptors (Lipinski definition) is 5. The van der Waals surface area contributed by atoms with Crippen LogP contribution in [0.2, 0.25) is 5.02 Å². The quantitative estimate of drug-likeness (QED) is 0.715. The molecule has 6 heteroatoms. The van der Waals surface area contributed by atoms with Gasteiger partial charge in [-0.15, -0.1) is 11.3 Å². The Hall–Kier alpha value is -1.69. The van der Waals surface area contributed by atoms with Crippen LogP contribution in [-0.2, 0) is 4.74 Å². The number of rotatable bonds is 2. The molecule has 1 saturated heterocycles. The summed E-state index contributed by atoms with van der Waals surface area (Å²) in [4.78, 5) is 12.3. The number of aromatic nitrogens is 2. The van der Waals surface area contributed by atoms with Crippen LogP contribution in [0, 0.1) is 0 Å². The van der Waals surface area contributed by atoms with E-state index in [1.807, 2.05) is 24.3 Å². The fourth-order valence-corrected chi connectivity index (χ4v) is 3.75. The summed E-state index contributed by atoms with van der Waals surface area (Å²) in [5, 5.41) is 4.01. The van der Waals surface area contributed by atoms with Gasteiger partial charge in [0.1, 0.15) is 17.0 Å². The normalized spacial score (nSPS) is 15.4. The molecule has 0 radical (unpaired) electrons. The molecule has 1 aromatic carbocycles. The van der Waals surface area contributed by atoms with Crippen LogP contribution >= 0.6 is 22.9 Å². The fourth-order valence-electron chi connectivity index (χ4n) is 2.72. The molecule has 0 unspecified atom stereocenters. The van der Waals surface area contributed by atoms with Gasteiger partial charge in [-0.25, -0.2) is 9.97 Å². The van der Waals surface area contributed by atoms with Gasteiger partial charge in [-0.3, -0.25) is 0 Å². The number of morpholine rings is 1. The monoisotopic (exact) mass is 331 g/mol. The summed E-state index contributed by atoms with van der Waals surface area (Å²) in [7, 11) is 0. The maximum Gasteiger partial charge on any atom is 0.141 e. The fraction of sp³-hybridized carbons (Fsp3) is 0.250. The van der Waals surface area contributed by atoms with Crippen LogP contribution in [0.1, 0.15) is 0 Å². The lowest BCUT2D eigenvalue weighted by Crippen LogP contribution is -2.36. The third kappa shape index (κ3) is 2.45. The van der Waals surface area contributed by atoms with Crippen LogP contribution in [0.3, 0.4) is 0 Å². The minimum atomic E-state index is 0.742. The largest absolute Gasteiger partial charge is 0.378 e. The first-order valence-corrected chi connectivity index (χ1v) is 8.39. The SMILES string of the molecule is Clc1ccc(-c2csc3ncnc(N4CCOCC4)c23)cc1. The number of nitrogens with zero attached hydrogens (tertiary/aromatic N) is 3. The van der Waals surface area contributed by atoms with Crippen LogP contribution in [0.5, 0.6) is 0 Å². The predicted octanol–water partition coefficient (Wildman–Crippen LogP) is 3.85. The van der Waals surface area contributed by atoms with Crippen molar-refractivity contribution in [3.8, 4) is 11.1 Å². The molecule has 1 aliphatic heterocycles. The van der Waals surface area contributed by atoms with E-state index in [9.17, 15) is 0 Å². The van der Waals surface area contributed by atoms with Gasteiger partial charge in [0.15, 0.2) is 0 Å². The van der Waals surface area contributed by atoms with E-state index < -0.39 is 0 Å². The molecular formula is C16H14ClN3OS. The van der Waals surface area contributed by atoms with Gasteiger partial charge >= 0.3 is 0 Å². The van der Waals surface area contributed by atoms with Gasteiger partial charge in [-0.05, 0) is 17.7 Å². The Balaban J connectivity index is 1.87. The summed E-state index contributed by atoms with van der Waals surface area (Å²) in [5.74, 6) is 1.000. The zero-order chi connectivity index (χ0) is 14.9. The molecule has 1 aliphatic rings. The first kappa shape index (κ1) is 13.9. The van der Waals surface area contributed by atoms with E-state index in [2.05, 4.69) is 20.2 Å². The van der Waals surface area contributed by atoms with Crippen molar-refractivity contribution >= 4 is 39.0 Å². The first-order valence-electron chi connectivity index (χ1n) is 7.14. The van der Waals surface area contributed by atoms with Crippen molar-refractivity contribution in [2.75, 3.05) is 31.2 Å². The van der Waals surface area contributed by atoms with Crippen LogP contribution in [0.25, 0.3) is 21.3 Å². The Bertz CT molecular complexity index is 797. The van der Waals surface area contributed by atoms with Gasteiger partial charge in [-0.2, -0.15) is 0 Å². The minimum absolute atomic E-state index is 0.742. The molecule has 0 aliphatic carbocycles. The van der Waals surface area contributed by atoms with E-state index in [0.29, 0.717) is 0 Å². The molecule has 22 heavy (non-hydrogen) atoms. The molecule has 3 heterocycles. The highest BCUT2D eigenvalue weighted by atomic mass is 35.5. The van der Waals surface area contributed by atoms with Crippen molar-refractivity contribution in [2.24, 2.45) is 0 Å². The number of ether oxygens (including phenoxy) is 1. The molecule has 2 aromatic heterocycles. The molecule has 0 saturated carbocycles. The summed E-state index contributed by atoms with van der Waals surface area (Å²) in [6.45, 7) is 3.21. The lowest BCUT2D eigenvalue weighted by Gasteiger charge is -2.28.